The molecule has 1 aromatic rings. The lowest BCUT2D eigenvalue weighted by atomic mass is 9.82. The maximum Gasteiger partial charge on any atom is 0.307 e. The second-order valence-corrected chi connectivity index (χ2v) is 6.94. The fourth-order valence-electron chi connectivity index (χ4n) is 3.93. The predicted molar refractivity (Wildman–Crippen MR) is 95.0 cm³/mol. The molecule has 2 N–H and O–H groups in total. The van der Waals surface area contributed by atoms with E-state index in [4.69, 9.17) is 4.74 Å². The first-order chi connectivity index (χ1) is 12.3. The molecule has 0 aromatic heterocycles. The molecule has 0 unspecified atom stereocenters. The zero-order chi connectivity index (χ0) is 19.0. The molecule has 2 amide bonds. The maximum atomic E-state index is 12.8. The number of anilines is 1. The van der Waals surface area contributed by atoms with Gasteiger partial charge in [0.1, 0.15) is 5.75 Å². The van der Waals surface area contributed by atoms with Gasteiger partial charge in [-0.2, -0.15) is 0 Å². The van der Waals surface area contributed by atoms with E-state index in [1.54, 1.807) is 32.3 Å². The van der Waals surface area contributed by atoms with Gasteiger partial charge in [0.2, 0.25) is 5.91 Å². The Balaban J connectivity index is 1.87. The lowest BCUT2D eigenvalue weighted by Gasteiger charge is -2.24. The van der Waals surface area contributed by atoms with E-state index in [0.717, 1.165) is 0 Å². The van der Waals surface area contributed by atoms with Crippen LogP contribution >= 0.6 is 0 Å². The smallest absolute Gasteiger partial charge is 0.307 e. The Bertz CT molecular complexity index is 786. The zero-order valence-corrected chi connectivity index (χ0v) is 14.9. The van der Waals surface area contributed by atoms with Gasteiger partial charge in [-0.15, -0.1) is 0 Å². The summed E-state index contributed by atoms with van der Waals surface area (Å²) in [6.45, 7) is 0. The van der Waals surface area contributed by atoms with Gasteiger partial charge < -0.3 is 20.1 Å². The molecule has 0 aliphatic heterocycles. The van der Waals surface area contributed by atoms with Crippen LogP contribution in [-0.2, 0) is 9.59 Å². The Morgan fingerprint density at radius 2 is 1.81 bits per heavy atom. The number of allylic oxidation sites excluding steroid dienone is 2. The van der Waals surface area contributed by atoms with E-state index in [2.05, 4.69) is 5.32 Å². The number of carboxylic acid groups (broad SMARTS) is 1. The molecule has 0 heterocycles. The molecule has 0 radical (unpaired) electrons. The van der Waals surface area contributed by atoms with Crippen molar-refractivity contribution in [2.75, 3.05) is 26.5 Å². The van der Waals surface area contributed by atoms with Gasteiger partial charge in [-0.1, -0.05) is 12.2 Å². The van der Waals surface area contributed by atoms with Crippen molar-refractivity contribution in [3.05, 3.63) is 35.9 Å². The van der Waals surface area contributed by atoms with Gasteiger partial charge in [0.25, 0.3) is 5.91 Å². The third kappa shape index (κ3) is 3.05. The van der Waals surface area contributed by atoms with E-state index >= 15 is 0 Å². The molecule has 2 aliphatic carbocycles. The van der Waals surface area contributed by atoms with Crippen molar-refractivity contribution in [3.63, 3.8) is 0 Å². The monoisotopic (exact) mass is 358 g/mol. The van der Waals surface area contributed by atoms with Crippen molar-refractivity contribution >= 4 is 23.5 Å². The number of hydrogen-bond donors (Lipinski definition) is 2. The highest BCUT2D eigenvalue weighted by atomic mass is 16.5. The highest BCUT2D eigenvalue weighted by Crippen LogP contribution is 2.48. The van der Waals surface area contributed by atoms with Gasteiger partial charge in [-0.3, -0.25) is 14.4 Å². The maximum absolute atomic E-state index is 12.8. The number of hydrogen-bond acceptors (Lipinski definition) is 4. The van der Waals surface area contributed by atoms with Gasteiger partial charge in [-0.25, -0.2) is 0 Å². The summed E-state index contributed by atoms with van der Waals surface area (Å²) in [7, 11) is 4.76. The fourth-order valence-corrected chi connectivity index (χ4v) is 3.93. The van der Waals surface area contributed by atoms with Crippen LogP contribution in [0.3, 0.4) is 0 Å². The molecule has 0 saturated heterocycles. The van der Waals surface area contributed by atoms with E-state index in [1.807, 2.05) is 12.2 Å². The number of benzene rings is 1. The minimum Gasteiger partial charge on any atom is -0.495 e. The summed E-state index contributed by atoms with van der Waals surface area (Å²) in [6, 6.07) is 4.79. The SMILES string of the molecule is COc1ccc(C(=O)N(C)C)cc1NC(=O)[C@H]1[C@@H](C(=O)O)[C@H]2C=C[C@H]1C2. The van der Waals surface area contributed by atoms with E-state index in [1.165, 1.54) is 12.0 Å². The van der Waals surface area contributed by atoms with Crippen LogP contribution in [0.2, 0.25) is 0 Å². The number of carbonyl (C=O) groups is 3. The Labute approximate surface area is 151 Å². The van der Waals surface area contributed by atoms with Gasteiger partial charge in [0.05, 0.1) is 24.6 Å². The number of methoxy groups -OCH3 is 1. The Hall–Kier alpha value is -2.83. The van der Waals surface area contributed by atoms with Crippen LogP contribution < -0.4 is 10.1 Å². The van der Waals surface area contributed by atoms with Crippen molar-refractivity contribution < 1.29 is 24.2 Å². The molecule has 1 aromatic carbocycles. The van der Waals surface area contributed by atoms with Crippen LogP contribution in [-0.4, -0.2) is 49.0 Å². The van der Waals surface area contributed by atoms with Gasteiger partial charge in [0, 0.05) is 19.7 Å². The number of amides is 2. The quantitative estimate of drug-likeness (QED) is 0.783. The van der Waals surface area contributed by atoms with Gasteiger partial charge in [-0.05, 0) is 36.5 Å². The number of rotatable bonds is 5. The standard InChI is InChI=1S/C19H22N2O5/c1-21(2)18(23)12-6-7-14(26-3)13(9-12)20-17(22)15-10-4-5-11(8-10)16(15)19(24)25/h4-7,9-11,15-16H,8H2,1-3H3,(H,20,22)(H,24,25)/t10-,11-,15+,16-/m0/s1. The Morgan fingerprint density at radius 1 is 1.15 bits per heavy atom. The van der Waals surface area contributed by atoms with Crippen molar-refractivity contribution in [2.45, 2.75) is 6.42 Å². The van der Waals surface area contributed by atoms with Crippen LogP contribution in [0, 0.1) is 23.7 Å². The zero-order valence-electron chi connectivity index (χ0n) is 14.9. The first-order valence-electron chi connectivity index (χ1n) is 8.45. The van der Waals surface area contributed by atoms with Crippen molar-refractivity contribution in [1.82, 2.24) is 4.90 Å². The summed E-state index contributed by atoms with van der Waals surface area (Å²) >= 11 is 0. The molecule has 3 rings (SSSR count). The number of nitrogens with one attached hydrogen (secondary N) is 1. The van der Waals surface area contributed by atoms with Crippen LogP contribution in [0.4, 0.5) is 5.69 Å². The van der Waals surface area contributed by atoms with Crippen molar-refractivity contribution in [3.8, 4) is 5.75 Å². The number of fused-ring (bicyclic) bond motifs is 2. The summed E-state index contributed by atoms with van der Waals surface area (Å²) in [5, 5.41) is 12.3. The van der Waals surface area contributed by atoms with Crippen LogP contribution in [0.5, 0.6) is 5.75 Å². The molecule has 138 valence electrons. The molecule has 4 atom stereocenters. The molecule has 2 bridgehead atoms. The summed E-state index contributed by atoms with van der Waals surface area (Å²) in [6.07, 6.45) is 4.51. The fraction of sp³-hybridized carbons (Fsp3) is 0.421. The average Bonchev–Trinajstić information content (AvgIpc) is 3.22. The third-order valence-electron chi connectivity index (χ3n) is 5.16. The molecule has 7 nitrogen and oxygen atoms in total. The molecule has 7 heteroatoms. The second kappa shape index (κ2) is 6.82. The topological polar surface area (TPSA) is 95.9 Å². The third-order valence-corrected chi connectivity index (χ3v) is 5.16. The lowest BCUT2D eigenvalue weighted by Crippen LogP contribution is -2.36. The molecule has 0 spiro atoms. The highest BCUT2D eigenvalue weighted by molar-refractivity contribution is 6.00. The summed E-state index contributed by atoms with van der Waals surface area (Å²) in [4.78, 5) is 38.1. The van der Waals surface area contributed by atoms with E-state index < -0.39 is 17.8 Å². The molecule has 1 saturated carbocycles. The minimum absolute atomic E-state index is 0.0707. The number of ether oxygens (including phenoxy) is 1. The summed E-state index contributed by atoms with van der Waals surface area (Å²) in [5.41, 5.74) is 0.773. The highest BCUT2D eigenvalue weighted by Gasteiger charge is 2.51. The van der Waals surface area contributed by atoms with Crippen LogP contribution in [0.15, 0.2) is 30.4 Å². The first kappa shape index (κ1) is 18.0. The van der Waals surface area contributed by atoms with E-state index in [0.29, 0.717) is 23.4 Å². The molecular weight excluding hydrogens is 336 g/mol. The van der Waals surface area contributed by atoms with Crippen LogP contribution in [0.25, 0.3) is 0 Å². The number of aliphatic carboxylic acids is 1. The predicted octanol–water partition coefficient (Wildman–Crippen LogP) is 1.86. The molecule has 26 heavy (non-hydrogen) atoms. The Kier molecular flexibility index (Phi) is 4.71. The minimum atomic E-state index is -0.953. The van der Waals surface area contributed by atoms with Gasteiger partial charge >= 0.3 is 5.97 Å². The molecule has 1 fully saturated rings. The number of nitrogens with zero attached hydrogens (tertiary/aromatic N) is 1. The van der Waals surface area contributed by atoms with Crippen molar-refractivity contribution in [1.29, 1.82) is 0 Å². The van der Waals surface area contributed by atoms with E-state index in [-0.39, 0.29) is 23.7 Å². The average molecular weight is 358 g/mol. The molecule has 2 aliphatic rings. The summed E-state index contributed by atoms with van der Waals surface area (Å²) in [5.74, 6) is -2.61. The van der Waals surface area contributed by atoms with Crippen molar-refractivity contribution in [2.24, 2.45) is 23.7 Å². The lowest BCUT2D eigenvalue weighted by molar-refractivity contribution is -0.146. The van der Waals surface area contributed by atoms with E-state index in [9.17, 15) is 19.5 Å². The largest absolute Gasteiger partial charge is 0.495 e. The normalized spacial score (nSPS) is 25.8. The first-order valence-corrected chi connectivity index (χ1v) is 8.45. The second-order valence-electron chi connectivity index (χ2n) is 6.94. The number of carboxylic acids is 1. The van der Waals surface area contributed by atoms with Crippen LogP contribution in [0.1, 0.15) is 16.8 Å². The summed E-state index contributed by atoms with van der Waals surface area (Å²) < 4.78 is 5.27. The molecular formula is C19H22N2O5. The van der Waals surface area contributed by atoms with Gasteiger partial charge in [0.15, 0.2) is 0 Å². The Morgan fingerprint density at radius 3 is 2.38 bits per heavy atom. The number of carbonyl (C=O) groups excluding carboxylic acids is 2.